The summed E-state index contributed by atoms with van der Waals surface area (Å²) in [5, 5.41) is 5.40. The van der Waals surface area contributed by atoms with Crippen molar-refractivity contribution in [2.24, 2.45) is 0 Å². The lowest BCUT2D eigenvalue weighted by Crippen LogP contribution is -2.37. The molecule has 1 heterocycles. The number of benzene rings is 1. The highest BCUT2D eigenvalue weighted by atomic mass is 35.5. The van der Waals surface area contributed by atoms with Crippen molar-refractivity contribution < 1.29 is 22.5 Å². The molecule has 0 aliphatic heterocycles. The van der Waals surface area contributed by atoms with Gasteiger partial charge in [-0.2, -0.15) is 13.2 Å². The lowest BCUT2D eigenvalue weighted by atomic mass is 10.2. The minimum atomic E-state index is -4.54. The van der Waals surface area contributed by atoms with Crippen molar-refractivity contribution in [2.45, 2.75) is 12.7 Å². The van der Waals surface area contributed by atoms with Crippen LogP contribution in [-0.4, -0.2) is 28.4 Å². The standard InChI is InChI=1S/C12H9ClF3N3O3/c13-8-4-2-1-3-7(8)10-18-22-11(21)19(10)5-9(20)17-6-12(14,15)16/h1-4H,5-6H2,(H,17,20). The number of aromatic nitrogens is 2. The number of nitrogens with zero attached hydrogens (tertiary/aromatic N) is 2. The Bertz CT molecular complexity index is 739. The molecule has 118 valence electrons. The van der Waals surface area contributed by atoms with Gasteiger partial charge in [-0.15, -0.1) is 0 Å². The van der Waals surface area contributed by atoms with Gasteiger partial charge in [0, 0.05) is 5.56 Å². The SMILES string of the molecule is O=C(Cn1c(-c2ccccc2Cl)noc1=O)NCC(F)(F)F. The number of halogens is 4. The van der Waals surface area contributed by atoms with Crippen LogP contribution in [0.4, 0.5) is 13.2 Å². The van der Waals surface area contributed by atoms with Crippen LogP contribution in [0.15, 0.2) is 33.6 Å². The summed E-state index contributed by atoms with van der Waals surface area (Å²) in [6, 6.07) is 6.33. The third-order valence-corrected chi connectivity index (χ3v) is 2.92. The number of rotatable bonds is 4. The van der Waals surface area contributed by atoms with E-state index in [0.29, 0.717) is 5.56 Å². The van der Waals surface area contributed by atoms with E-state index in [1.54, 1.807) is 17.4 Å². The summed E-state index contributed by atoms with van der Waals surface area (Å²) >= 11 is 5.95. The van der Waals surface area contributed by atoms with E-state index in [2.05, 4.69) is 9.68 Å². The van der Waals surface area contributed by atoms with Gasteiger partial charge < -0.3 is 5.32 Å². The van der Waals surface area contributed by atoms with Crippen LogP contribution in [0.5, 0.6) is 0 Å². The Morgan fingerprint density at radius 1 is 1.36 bits per heavy atom. The van der Waals surface area contributed by atoms with E-state index in [-0.39, 0.29) is 10.8 Å². The molecule has 1 amide bonds. The lowest BCUT2D eigenvalue weighted by Gasteiger charge is -2.09. The summed E-state index contributed by atoms with van der Waals surface area (Å²) in [6.45, 7) is -2.16. The number of hydrogen-bond acceptors (Lipinski definition) is 4. The van der Waals surface area contributed by atoms with Gasteiger partial charge in [0.2, 0.25) is 5.91 Å². The molecule has 0 saturated heterocycles. The fourth-order valence-electron chi connectivity index (χ4n) is 1.64. The Morgan fingerprint density at radius 3 is 2.68 bits per heavy atom. The first-order valence-corrected chi connectivity index (χ1v) is 6.30. The number of carbonyl (C=O) groups is 1. The third-order valence-electron chi connectivity index (χ3n) is 2.59. The van der Waals surface area contributed by atoms with Gasteiger partial charge in [-0.25, -0.2) is 9.36 Å². The summed E-state index contributed by atoms with van der Waals surface area (Å²) in [6.07, 6.45) is -4.54. The van der Waals surface area contributed by atoms with E-state index in [0.717, 1.165) is 4.57 Å². The van der Waals surface area contributed by atoms with Crippen LogP contribution in [0.1, 0.15) is 0 Å². The van der Waals surface area contributed by atoms with Crippen molar-refractivity contribution in [1.29, 1.82) is 0 Å². The molecule has 10 heteroatoms. The molecule has 0 fully saturated rings. The largest absolute Gasteiger partial charge is 0.442 e. The van der Waals surface area contributed by atoms with Gasteiger partial charge in [0.15, 0.2) is 5.82 Å². The van der Waals surface area contributed by atoms with Gasteiger partial charge in [0.1, 0.15) is 13.1 Å². The summed E-state index contributed by atoms with van der Waals surface area (Å²) in [5.41, 5.74) is 0.318. The second-order valence-corrected chi connectivity index (χ2v) is 4.64. The molecule has 0 spiro atoms. The van der Waals surface area contributed by atoms with Crippen LogP contribution in [0, 0.1) is 0 Å². The fourth-order valence-corrected chi connectivity index (χ4v) is 1.86. The van der Waals surface area contributed by atoms with Crippen molar-refractivity contribution in [3.05, 3.63) is 39.8 Å². The van der Waals surface area contributed by atoms with E-state index < -0.39 is 30.9 Å². The van der Waals surface area contributed by atoms with E-state index in [1.165, 1.54) is 12.1 Å². The van der Waals surface area contributed by atoms with Gasteiger partial charge in [0.05, 0.1) is 5.02 Å². The van der Waals surface area contributed by atoms with Crippen LogP contribution in [0.2, 0.25) is 5.02 Å². The molecule has 1 aromatic carbocycles. The molecule has 0 unspecified atom stereocenters. The monoisotopic (exact) mass is 335 g/mol. The number of amides is 1. The molecule has 6 nitrogen and oxygen atoms in total. The van der Waals surface area contributed by atoms with Gasteiger partial charge in [-0.05, 0) is 12.1 Å². The van der Waals surface area contributed by atoms with E-state index in [1.807, 2.05) is 0 Å². The maximum atomic E-state index is 12.0. The van der Waals surface area contributed by atoms with Gasteiger partial charge in [-0.3, -0.25) is 9.32 Å². The minimum Gasteiger partial charge on any atom is -0.345 e. The highest BCUT2D eigenvalue weighted by molar-refractivity contribution is 6.33. The quantitative estimate of drug-likeness (QED) is 0.925. The summed E-state index contributed by atoms with van der Waals surface area (Å²) in [4.78, 5) is 23.1. The zero-order valence-corrected chi connectivity index (χ0v) is 11.6. The molecule has 0 atom stereocenters. The maximum Gasteiger partial charge on any atom is 0.442 e. The number of nitrogens with one attached hydrogen (secondary N) is 1. The normalized spacial score (nSPS) is 11.5. The average molecular weight is 336 g/mol. The highest BCUT2D eigenvalue weighted by Crippen LogP contribution is 2.25. The van der Waals surface area contributed by atoms with Crippen LogP contribution in [0.3, 0.4) is 0 Å². The molecular weight excluding hydrogens is 327 g/mol. The second-order valence-electron chi connectivity index (χ2n) is 4.23. The first kappa shape index (κ1) is 16.1. The molecule has 2 rings (SSSR count). The molecule has 2 aromatic rings. The number of alkyl halides is 3. The fraction of sp³-hybridized carbons (Fsp3) is 0.250. The molecule has 0 saturated carbocycles. The van der Waals surface area contributed by atoms with Gasteiger partial charge in [-0.1, -0.05) is 28.9 Å². The topological polar surface area (TPSA) is 77.1 Å². The zero-order valence-electron chi connectivity index (χ0n) is 10.9. The first-order valence-electron chi connectivity index (χ1n) is 5.93. The third kappa shape index (κ3) is 3.88. The van der Waals surface area contributed by atoms with Crippen LogP contribution >= 0.6 is 11.6 Å². The smallest absolute Gasteiger partial charge is 0.345 e. The summed E-state index contributed by atoms with van der Waals surface area (Å²) in [5.74, 6) is -2.02. The Balaban J connectivity index is 2.23. The highest BCUT2D eigenvalue weighted by Gasteiger charge is 2.28. The van der Waals surface area contributed by atoms with Crippen LogP contribution in [0.25, 0.3) is 11.4 Å². The first-order chi connectivity index (χ1) is 10.3. The van der Waals surface area contributed by atoms with Gasteiger partial charge >= 0.3 is 11.9 Å². The molecule has 0 aliphatic rings. The number of hydrogen-bond donors (Lipinski definition) is 1. The maximum absolute atomic E-state index is 12.0. The summed E-state index contributed by atoms with van der Waals surface area (Å²) in [7, 11) is 0. The minimum absolute atomic E-state index is 0.0437. The molecule has 0 aliphatic carbocycles. The molecule has 0 bridgehead atoms. The molecule has 1 N–H and O–H groups in total. The molecule has 1 aromatic heterocycles. The molecular formula is C12H9ClF3N3O3. The second kappa shape index (κ2) is 6.22. The Hall–Kier alpha value is -2.29. The van der Waals surface area contributed by atoms with Crippen molar-refractivity contribution >= 4 is 17.5 Å². The predicted octanol–water partition coefficient (Wildman–Crippen LogP) is 1.84. The Kier molecular flexibility index (Phi) is 4.55. The van der Waals surface area contributed by atoms with E-state index in [9.17, 15) is 22.8 Å². The molecule has 22 heavy (non-hydrogen) atoms. The van der Waals surface area contributed by atoms with Crippen LogP contribution in [-0.2, 0) is 11.3 Å². The Labute approximate surface area is 126 Å². The molecule has 0 radical (unpaired) electrons. The summed E-state index contributed by atoms with van der Waals surface area (Å²) < 4.78 is 41.4. The van der Waals surface area contributed by atoms with Gasteiger partial charge in [0.25, 0.3) is 0 Å². The zero-order chi connectivity index (χ0) is 16.3. The van der Waals surface area contributed by atoms with Crippen molar-refractivity contribution in [3.63, 3.8) is 0 Å². The Morgan fingerprint density at radius 2 is 2.05 bits per heavy atom. The van der Waals surface area contributed by atoms with Crippen molar-refractivity contribution in [2.75, 3.05) is 6.54 Å². The van der Waals surface area contributed by atoms with Crippen molar-refractivity contribution in [1.82, 2.24) is 15.0 Å². The van der Waals surface area contributed by atoms with E-state index >= 15 is 0 Å². The average Bonchev–Trinajstić information content (AvgIpc) is 2.78. The lowest BCUT2D eigenvalue weighted by molar-refractivity contribution is -0.138. The predicted molar refractivity (Wildman–Crippen MR) is 70.3 cm³/mol. The van der Waals surface area contributed by atoms with E-state index in [4.69, 9.17) is 11.6 Å². The van der Waals surface area contributed by atoms with Crippen LogP contribution < -0.4 is 11.1 Å². The van der Waals surface area contributed by atoms with Crippen molar-refractivity contribution in [3.8, 4) is 11.4 Å². The number of carbonyl (C=O) groups excluding carboxylic acids is 1.